The largest absolute Gasteiger partial charge is 0.494 e. The summed E-state index contributed by atoms with van der Waals surface area (Å²) in [5.41, 5.74) is -1.40. The monoisotopic (exact) mass is 581 g/mol. The van der Waals surface area contributed by atoms with Crippen molar-refractivity contribution in [3.8, 4) is 5.75 Å². The van der Waals surface area contributed by atoms with Crippen molar-refractivity contribution < 1.29 is 35.8 Å². The lowest BCUT2D eigenvalue weighted by Gasteiger charge is -2.27. The lowest BCUT2D eigenvalue weighted by Crippen LogP contribution is -2.30. The van der Waals surface area contributed by atoms with Gasteiger partial charge < -0.3 is 9.84 Å². The number of alkyl halides is 3. The molecule has 0 aliphatic heterocycles. The molecule has 1 unspecified atom stereocenters. The average molecular weight is 582 g/mol. The van der Waals surface area contributed by atoms with Gasteiger partial charge in [-0.2, -0.15) is 13.2 Å². The van der Waals surface area contributed by atoms with E-state index in [-0.39, 0.29) is 35.1 Å². The van der Waals surface area contributed by atoms with E-state index in [1.54, 1.807) is 6.07 Å². The molecule has 40 heavy (non-hydrogen) atoms. The van der Waals surface area contributed by atoms with Gasteiger partial charge in [0.1, 0.15) is 11.6 Å². The summed E-state index contributed by atoms with van der Waals surface area (Å²) in [7, 11) is -3.64. The van der Waals surface area contributed by atoms with Gasteiger partial charge in [0.2, 0.25) is 0 Å². The summed E-state index contributed by atoms with van der Waals surface area (Å²) in [6.07, 6.45) is -3.29. The first-order chi connectivity index (χ1) is 18.6. The normalized spacial score (nSPS) is 13.4. The molecule has 0 fully saturated rings. The second-order valence-corrected chi connectivity index (χ2v) is 12.5. The van der Waals surface area contributed by atoms with E-state index in [4.69, 9.17) is 4.74 Å². The number of nitrogens with zero attached hydrogens (tertiary/aromatic N) is 1. The number of sulfone groups is 1. The van der Waals surface area contributed by atoms with Crippen molar-refractivity contribution in [1.82, 2.24) is 4.90 Å². The summed E-state index contributed by atoms with van der Waals surface area (Å²) in [6.45, 7) is 6.02. The van der Waals surface area contributed by atoms with Crippen molar-refractivity contribution in [2.75, 3.05) is 26.0 Å². The van der Waals surface area contributed by atoms with Crippen LogP contribution in [0, 0.1) is 5.82 Å². The van der Waals surface area contributed by atoms with Crippen molar-refractivity contribution in [2.24, 2.45) is 0 Å². The SMILES string of the molecule is CC(CN(CCCOc1ccc(C(C)(C)O)c(S(C)(=O)=O)c1)Cc1cccc(C(F)(F)F)c1F)c1ccccc1. The second-order valence-electron chi connectivity index (χ2n) is 10.5. The topological polar surface area (TPSA) is 66.8 Å². The Balaban J connectivity index is 1.75. The molecule has 3 rings (SSSR count). The highest BCUT2D eigenvalue weighted by atomic mass is 32.2. The van der Waals surface area contributed by atoms with Gasteiger partial charge in [-0.05, 0) is 49.9 Å². The highest BCUT2D eigenvalue weighted by Crippen LogP contribution is 2.33. The van der Waals surface area contributed by atoms with Crippen molar-refractivity contribution in [1.29, 1.82) is 0 Å². The van der Waals surface area contributed by atoms with E-state index in [2.05, 4.69) is 0 Å². The summed E-state index contributed by atoms with van der Waals surface area (Å²) in [6, 6.07) is 17.4. The van der Waals surface area contributed by atoms with Crippen LogP contribution >= 0.6 is 0 Å². The number of hydrogen-bond acceptors (Lipinski definition) is 5. The number of hydrogen-bond donors (Lipinski definition) is 1. The van der Waals surface area contributed by atoms with E-state index in [1.165, 1.54) is 38.1 Å². The van der Waals surface area contributed by atoms with E-state index >= 15 is 0 Å². The van der Waals surface area contributed by atoms with Gasteiger partial charge in [-0.15, -0.1) is 0 Å². The smallest absolute Gasteiger partial charge is 0.419 e. The molecule has 0 aromatic heterocycles. The minimum absolute atomic E-state index is 0.0224. The number of ether oxygens (including phenoxy) is 1. The zero-order valence-corrected chi connectivity index (χ0v) is 23.8. The van der Waals surface area contributed by atoms with Crippen molar-refractivity contribution in [3.63, 3.8) is 0 Å². The quantitative estimate of drug-likeness (QED) is 0.194. The molecule has 1 N–H and O–H groups in total. The fourth-order valence-electron chi connectivity index (χ4n) is 4.55. The van der Waals surface area contributed by atoms with Crippen LogP contribution in [0.25, 0.3) is 0 Å². The summed E-state index contributed by atoms with van der Waals surface area (Å²) in [4.78, 5) is 1.86. The van der Waals surface area contributed by atoms with Crippen LogP contribution in [0.5, 0.6) is 5.75 Å². The fraction of sp³-hybridized carbons (Fsp3) is 0.400. The standard InChI is InChI=1S/C30H35F4NO4S/c1-21(22-10-6-5-7-11-22)19-35(20-23-12-8-13-26(28(23)31)30(32,33)34)16-9-17-39-24-14-15-25(29(2,3)36)27(18-24)40(4,37)38/h5-8,10-15,18,21,36H,9,16-17,19-20H2,1-4H3. The summed E-state index contributed by atoms with van der Waals surface area (Å²) in [5, 5.41) is 10.4. The van der Waals surface area contributed by atoms with Gasteiger partial charge in [-0.3, -0.25) is 4.90 Å². The average Bonchev–Trinajstić information content (AvgIpc) is 2.86. The lowest BCUT2D eigenvalue weighted by molar-refractivity contribution is -0.140. The molecule has 0 spiro atoms. The van der Waals surface area contributed by atoms with Crippen LogP contribution < -0.4 is 4.74 Å². The maximum Gasteiger partial charge on any atom is 0.419 e. The Morgan fingerprint density at radius 3 is 2.25 bits per heavy atom. The Kier molecular flexibility index (Phi) is 10.0. The van der Waals surface area contributed by atoms with Crippen LogP contribution in [0.1, 0.15) is 55.4 Å². The maximum atomic E-state index is 14.8. The van der Waals surface area contributed by atoms with Crippen LogP contribution in [-0.2, 0) is 28.2 Å². The Morgan fingerprint density at radius 2 is 1.65 bits per heavy atom. The molecule has 5 nitrogen and oxygen atoms in total. The van der Waals surface area contributed by atoms with E-state index in [1.807, 2.05) is 42.2 Å². The summed E-state index contributed by atoms with van der Waals surface area (Å²) >= 11 is 0. The van der Waals surface area contributed by atoms with Crippen molar-refractivity contribution >= 4 is 9.84 Å². The third kappa shape index (κ3) is 8.52. The third-order valence-electron chi connectivity index (χ3n) is 6.58. The van der Waals surface area contributed by atoms with Crippen LogP contribution in [0.15, 0.2) is 71.6 Å². The van der Waals surface area contributed by atoms with Crippen LogP contribution in [-0.4, -0.2) is 44.4 Å². The predicted molar refractivity (Wildman–Crippen MR) is 146 cm³/mol. The molecule has 0 heterocycles. The number of rotatable bonds is 12. The molecule has 1 atom stereocenters. The van der Waals surface area contributed by atoms with Gasteiger partial charge in [0.25, 0.3) is 0 Å². The molecule has 3 aromatic carbocycles. The number of benzene rings is 3. The second kappa shape index (κ2) is 12.7. The molecule has 10 heteroatoms. The lowest BCUT2D eigenvalue weighted by atomic mass is 9.98. The minimum Gasteiger partial charge on any atom is -0.494 e. The fourth-order valence-corrected chi connectivity index (χ4v) is 5.60. The van der Waals surface area contributed by atoms with Crippen molar-refractivity contribution in [2.45, 2.75) is 56.3 Å². The minimum atomic E-state index is -4.79. The maximum absolute atomic E-state index is 14.8. The third-order valence-corrected chi connectivity index (χ3v) is 7.71. The molecule has 0 saturated carbocycles. The Hall–Kier alpha value is -2.95. The van der Waals surface area contributed by atoms with Gasteiger partial charge in [-0.1, -0.05) is 55.5 Å². The van der Waals surface area contributed by atoms with E-state index < -0.39 is 33.0 Å². The molecular formula is C30H35F4NO4S. The molecule has 0 bridgehead atoms. The molecule has 0 amide bonds. The van der Waals surface area contributed by atoms with Gasteiger partial charge >= 0.3 is 6.18 Å². The van der Waals surface area contributed by atoms with E-state index in [0.717, 1.165) is 17.9 Å². The molecule has 0 aliphatic rings. The number of halogens is 4. The van der Waals surface area contributed by atoms with Crippen LogP contribution in [0.3, 0.4) is 0 Å². The first kappa shape index (κ1) is 31.6. The summed E-state index contributed by atoms with van der Waals surface area (Å²) < 4.78 is 85.0. The molecule has 218 valence electrons. The van der Waals surface area contributed by atoms with E-state index in [9.17, 15) is 31.1 Å². The first-order valence-corrected chi connectivity index (χ1v) is 14.8. The van der Waals surface area contributed by atoms with Gasteiger partial charge in [0, 0.05) is 37.0 Å². The molecule has 0 saturated heterocycles. The molecule has 0 radical (unpaired) electrons. The summed E-state index contributed by atoms with van der Waals surface area (Å²) in [5.74, 6) is -0.937. The molecule has 3 aromatic rings. The predicted octanol–water partition coefficient (Wildman–Crippen LogP) is 6.55. The van der Waals surface area contributed by atoms with Crippen LogP contribution in [0.4, 0.5) is 17.6 Å². The van der Waals surface area contributed by atoms with Crippen LogP contribution in [0.2, 0.25) is 0 Å². The van der Waals surface area contributed by atoms with Gasteiger partial charge in [0.05, 0.1) is 22.7 Å². The van der Waals surface area contributed by atoms with Gasteiger partial charge in [-0.25, -0.2) is 12.8 Å². The number of aliphatic hydroxyl groups is 1. The first-order valence-electron chi connectivity index (χ1n) is 12.9. The molecular weight excluding hydrogens is 546 g/mol. The van der Waals surface area contributed by atoms with Gasteiger partial charge in [0.15, 0.2) is 9.84 Å². The highest BCUT2D eigenvalue weighted by molar-refractivity contribution is 7.90. The Morgan fingerprint density at radius 1 is 0.975 bits per heavy atom. The van der Waals surface area contributed by atoms with E-state index in [0.29, 0.717) is 25.3 Å². The molecule has 0 aliphatic carbocycles. The zero-order chi connectivity index (χ0) is 29.7. The van der Waals surface area contributed by atoms with Crippen molar-refractivity contribution in [3.05, 3.63) is 94.8 Å². The Bertz CT molecular complexity index is 1390. The Labute approximate surface area is 233 Å². The highest BCUT2D eigenvalue weighted by Gasteiger charge is 2.35. The zero-order valence-electron chi connectivity index (χ0n) is 23.0.